The molecular weight excluding hydrogens is 220 g/mol. The Morgan fingerprint density at radius 3 is 2.27 bits per heavy atom. The molecule has 0 amide bonds. The summed E-state index contributed by atoms with van der Waals surface area (Å²) in [5, 5.41) is 2.77. The van der Waals surface area contributed by atoms with Crippen molar-refractivity contribution >= 4 is 11.6 Å². The van der Waals surface area contributed by atoms with Crippen molar-refractivity contribution < 1.29 is 8.78 Å². The SMILES string of the molecule is CNC(c1cc(F)c(Cl)cc1F)C(C)C. The molecule has 1 aromatic rings. The van der Waals surface area contributed by atoms with Crippen LogP contribution in [-0.2, 0) is 0 Å². The predicted octanol–water partition coefficient (Wildman–Crippen LogP) is 3.53. The van der Waals surface area contributed by atoms with Crippen LogP contribution in [0.1, 0.15) is 25.5 Å². The van der Waals surface area contributed by atoms with Gasteiger partial charge in [-0.2, -0.15) is 0 Å². The summed E-state index contributed by atoms with van der Waals surface area (Å²) >= 11 is 5.48. The first-order valence-corrected chi connectivity index (χ1v) is 5.16. The van der Waals surface area contributed by atoms with Crippen LogP contribution in [0.25, 0.3) is 0 Å². The Morgan fingerprint density at radius 2 is 1.80 bits per heavy atom. The first kappa shape index (κ1) is 12.4. The summed E-state index contributed by atoms with van der Waals surface area (Å²) in [6.07, 6.45) is 0. The van der Waals surface area contributed by atoms with E-state index in [1.807, 2.05) is 13.8 Å². The van der Waals surface area contributed by atoms with Gasteiger partial charge in [0, 0.05) is 11.6 Å². The zero-order valence-electron chi connectivity index (χ0n) is 8.94. The maximum absolute atomic E-state index is 13.5. The van der Waals surface area contributed by atoms with Gasteiger partial charge in [0.05, 0.1) is 5.02 Å². The van der Waals surface area contributed by atoms with Gasteiger partial charge in [0.1, 0.15) is 11.6 Å². The van der Waals surface area contributed by atoms with Crippen molar-refractivity contribution in [2.75, 3.05) is 7.05 Å². The van der Waals surface area contributed by atoms with E-state index in [0.29, 0.717) is 5.56 Å². The molecule has 1 rings (SSSR count). The molecular formula is C11H14ClF2N. The third kappa shape index (κ3) is 2.67. The number of hydrogen-bond acceptors (Lipinski definition) is 1. The average molecular weight is 234 g/mol. The summed E-state index contributed by atoms with van der Waals surface area (Å²) in [6.45, 7) is 3.88. The van der Waals surface area contributed by atoms with Gasteiger partial charge in [-0.15, -0.1) is 0 Å². The van der Waals surface area contributed by atoms with E-state index < -0.39 is 11.6 Å². The van der Waals surface area contributed by atoms with E-state index in [2.05, 4.69) is 5.32 Å². The molecule has 15 heavy (non-hydrogen) atoms. The normalized spacial score (nSPS) is 13.3. The minimum Gasteiger partial charge on any atom is -0.313 e. The van der Waals surface area contributed by atoms with Crippen LogP contribution in [-0.4, -0.2) is 7.05 Å². The lowest BCUT2D eigenvalue weighted by atomic mass is 9.96. The fourth-order valence-electron chi connectivity index (χ4n) is 1.62. The zero-order valence-corrected chi connectivity index (χ0v) is 9.70. The van der Waals surface area contributed by atoms with Crippen LogP contribution >= 0.6 is 11.6 Å². The second-order valence-electron chi connectivity index (χ2n) is 3.80. The lowest BCUT2D eigenvalue weighted by Crippen LogP contribution is -2.23. The summed E-state index contributed by atoms with van der Waals surface area (Å²) in [5.41, 5.74) is 0.314. The molecule has 0 aliphatic rings. The van der Waals surface area contributed by atoms with Crippen molar-refractivity contribution in [2.24, 2.45) is 5.92 Å². The molecule has 0 spiro atoms. The minimum atomic E-state index is -0.589. The van der Waals surface area contributed by atoms with E-state index in [9.17, 15) is 8.78 Å². The Morgan fingerprint density at radius 1 is 1.20 bits per heavy atom. The van der Waals surface area contributed by atoms with Crippen LogP contribution < -0.4 is 5.32 Å². The number of nitrogens with one attached hydrogen (secondary N) is 1. The maximum atomic E-state index is 13.5. The smallest absolute Gasteiger partial charge is 0.142 e. The second-order valence-corrected chi connectivity index (χ2v) is 4.21. The Bertz CT molecular complexity index is 353. The van der Waals surface area contributed by atoms with Crippen molar-refractivity contribution in [1.82, 2.24) is 5.32 Å². The molecule has 4 heteroatoms. The van der Waals surface area contributed by atoms with Gasteiger partial charge < -0.3 is 5.32 Å². The summed E-state index contributed by atoms with van der Waals surface area (Å²) in [5.74, 6) is -0.895. The fourth-order valence-corrected chi connectivity index (χ4v) is 1.77. The second kappa shape index (κ2) is 4.90. The van der Waals surface area contributed by atoms with Crippen LogP contribution in [0.2, 0.25) is 5.02 Å². The van der Waals surface area contributed by atoms with Gasteiger partial charge in [0.15, 0.2) is 0 Å². The van der Waals surface area contributed by atoms with Crippen LogP contribution in [0.4, 0.5) is 8.78 Å². The molecule has 0 radical (unpaired) electrons. The predicted molar refractivity (Wildman–Crippen MR) is 58.0 cm³/mol. The molecule has 84 valence electrons. The lowest BCUT2D eigenvalue weighted by molar-refractivity contribution is 0.421. The summed E-state index contributed by atoms with van der Waals surface area (Å²) in [4.78, 5) is 0. The van der Waals surface area contributed by atoms with E-state index in [0.717, 1.165) is 12.1 Å². The van der Waals surface area contributed by atoms with Gasteiger partial charge in [0.2, 0.25) is 0 Å². The summed E-state index contributed by atoms with van der Waals surface area (Å²) in [7, 11) is 1.72. The van der Waals surface area contributed by atoms with Crippen molar-refractivity contribution in [1.29, 1.82) is 0 Å². The molecule has 0 saturated carbocycles. The average Bonchev–Trinajstić information content (AvgIpc) is 2.14. The topological polar surface area (TPSA) is 12.0 Å². The Hall–Kier alpha value is -0.670. The number of hydrogen-bond donors (Lipinski definition) is 1. The molecule has 0 fully saturated rings. The Labute approximate surface area is 93.4 Å². The zero-order chi connectivity index (χ0) is 11.6. The van der Waals surface area contributed by atoms with Gasteiger partial charge in [-0.25, -0.2) is 8.78 Å². The molecule has 0 saturated heterocycles. The van der Waals surface area contributed by atoms with Crippen LogP contribution in [0.5, 0.6) is 0 Å². The van der Waals surface area contributed by atoms with Gasteiger partial charge in [-0.1, -0.05) is 25.4 Å². The summed E-state index contributed by atoms with van der Waals surface area (Å²) < 4.78 is 26.7. The molecule has 0 aliphatic carbocycles. The molecule has 1 aromatic carbocycles. The van der Waals surface area contributed by atoms with Gasteiger partial charge in [-0.05, 0) is 25.1 Å². The largest absolute Gasteiger partial charge is 0.313 e. The van der Waals surface area contributed by atoms with E-state index in [4.69, 9.17) is 11.6 Å². The monoisotopic (exact) mass is 233 g/mol. The van der Waals surface area contributed by atoms with Crippen LogP contribution in [0.15, 0.2) is 12.1 Å². The highest BCUT2D eigenvalue weighted by Gasteiger charge is 2.19. The standard InChI is InChI=1S/C11H14ClF2N/c1-6(2)11(15-3)7-4-10(14)8(12)5-9(7)13/h4-6,11,15H,1-3H3. The Kier molecular flexibility index (Phi) is 4.05. The summed E-state index contributed by atoms with van der Waals surface area (Å²) in [6, 6.07) is 1.95. The van der Waals surface area contributed by atoms with Gasteiger partial charge in [0.25, 0.3) is 0 Å². The van der Waals surface area contributed by atoms with E-state index in [1.54, 1.807) is 7.05 Å². The molecule has 0 aromatic heterocycles. The molecule has 1 atom stereocenters. The molecule has 0 heterocycles. The lowest BCUT2D eigenvalue weighted by Gasteiger charge is -2.21. The van der Waals surface area contributed by atoms with Crippen LogP contribution in [0.3, 0.4) is 0 Å². The molecule has 1 nitrogen and oxygen atoms in total. The maximum Gasteiger partial charge on any atom is 0.142 e. The molecule has 1 N–H and O–H groups in total. The highest BCUT2D eigenvalue weighted by Crippen LogP contribution is 2.27. The van der Waals surface area contributed by atoms with Crippen molar-refractivity contribution in [3.8, 4) is 0 Å². The van der Waals surface area contributed by atoms with E-state index >= 15 is 0 Å². The number of benzene rings is 1. The Balaban J connectivity index is 3.18. The first-order valence-electron chi connectivity index (χ1n) is 4.79. The minimum absolute atomic E-state index is 0.171. The third-order valence-corrected chi connectivity index (χ3v) is 2.64. The highest BCUT2D eigenvalue weighted by atomic mass is 35.5. The van der Waals surface area contributed by atoms with Gasteiger partial charge >= 0.3 is 0 Å². The molecule has 0 aliphatic heterocycles. The van der Waals surface area contributed by atoms with Crippen molar-refractivity contribution in [3.05, 3.63) is 34.4 Å². The van der Waals surface area contributed by atoms with E-state index in [-0.39, 0.29) is 17.0 Å². The molecule has 0 bridgehead atoms. The highest BCUT2D eigenvalue weighted by molar-refractivity contribution is 6.30. The van der Waals surface area contributed by atoms with Crippen molar-refractivity contribution in [2.45, 2.75) is 19.9 Å². The fraction of sp³-hybridized carbons (Fsp3) is 0.455. The van der Waals surface area contributed by atoms with Gasteiger partial charge in [-0.3, -0.25) is 0 Å². The third-order valence-electron chi connectivity index (χ3n) is 2.35. The quantitative estimate of drug-likeness (QED) is 0.788. The number of rotatable bonds is 3. The first-order chi connectivity index (χ1) is 6.97. The van der Waals surface area contributed by atoms with E-state index in [1.165, 1.54) is 0 Å². The van der Waals surface area contributed by atoms with Crippen LogP contribution in [0, 0.1) is 17.6 Å². The van der Waals surface area contributed by atoms with Crippen molar-refractivity contribution in [3.63, 3.8) is 0 Å². The number of halogens is 3. The molecule has 1 unspecified atom stereocenters.